The number of carbonyl (C=O) groups excluding carboxylic acids is 1. The molecule has 6 heteroatoms. The molecule has 1 aromatic carbocycles. The second-order valence-electron chi connectivity index (χ2n) is 9.11. The maximum Gasteiger partial charge on any atom is 0.219 e. The van der Waals surface area contributed by atoms with Crippen molar-refractivity contribution in [2.75, 3.05) is 39.3 Å². The molecule has 0 radical (unpaired) electrons. The molecular weight excluding hydrogens is 372 g/mol. The quantitative estimate of drug-likeness (QED) is 0.767. The zero-order valence-electron chi connectivity index (χ0n) is 17.5. The van der Waals surface area contributed by atoms with Gasteiger partial charge in [0.05, 0.1) is 0 Å². The SMILES string of the molecule is CC(=O)N1CCC(N2CCC(C3CCN(Cc4cccc(F)c4F)CC3)C2)CC1. The summed E-state index contributed by atoms with van der Waals surface area (Å²) < 4.78 is 27.4. The highest BCUT2D eigenvalue weighted by molar-refractivity contribution is 5.73. The van der Waals surface area contributed by atoms with Crippen molar-refractivity contribution < 1.29 is 13.6 Å². The fourth-order valence-corrected chi connectivity index (χ4v) is 5.57. The number of carbonyl (C=O) groups is 1. The van der Waals surface area contributed by atoms with Crippen LogP contribution in [0.25, 0.3) is 0 Å². The van der Waals surface area contributed by atoms with Gasteiger partial charge in [-0.25, -0.2) is 8.78 Å². The Labute approximate surface area is 172 Å². The minimum absolute atomic E-state index is 0.202. The zero-order valence-corrected chi connectivity index (χ0v) is 17.5. The lowest BCUT2D eigenvalue weighted by atomic mass is 9.83. The molecule has 1 aromatic rings. The third-order valence-electron chi connectivity index (χ3n) is 7.41. The van der Waals surface area contributed by atoms with Crippen LogP contribution in [-0.4, -0.2) is 65.9 Å². The van der Waals surface area contributed by atoms with Crippen LogP contribution >= 0.6 is 0 Å². The van der Waals surface area contributed by atoms with E-state index in [0.717, 1.165) is 63.7 Å². The molecule has 3 fully saturated rings. The number of rotatable bonds is 4. The van der Waals surface area contributed by atoms with Crippen molar-refractivity contribution in [1.29, 1.82) is 0 Å². The predicted octanol–water partition coefficient (Wildman–Crippen LogP) is 3.51. The number of hydrogen-bond donors (Lipinski definition) is 0. The highest BCUT2D eigenvalue weighted by Crippen LogP contribution is 2.34. The number of hydrogen-bond acceptors (Lipinski definition) is 3. The summed E-state index contributed by atoms with van der Waals surface area (Å²) in [6.07, 6.45) is 5.78. The fourth-order valence-electron chi connectivity index (χ4n) is 5.57. The van der Waals surface area contributed by atoms with Crippen LogP contribution < -0.4 is 0 Å². The smallest absolute Gasteiger partial charge is 0.219 e. The molecule has 0 bridgehead atoms. The Balaban J connectivity index is 1.23. The van der Waals surface area contributed by atoms with E-state index in [2.05, 4.69) is 9.80 Å². The predicted molar refractivity (Wildman–Crippen MR) is 109 cm³/mol. The maximum atomic E-state index is 13.9. The van der Waals surface area contributed by atoms with Crippen molar-refractivity contribution in [3.63, 3.8) is 0 Å². The van der Waals surface area contributed by atoms with E-state index in [1.807, 2.05) is 4.90 Å². The van der Waals surface area contributed by atoms with Crippen molar-refractivity contribution in [3.8, 4) is 0 Å². The molecule has 160 valence electrons. The third-order valence-corrected chi connectivity index (χ3v) is 7.41. The van der Waals surface area contributed by atoms with Gasteiger partial charge in [-0.2, -0.15) is 0 Å². The van der Waals surface area contributed by atoms with Gasteiger partial charge in [-0.15, -0.1) is 0 Å². The normalized spacial score (nSPS) is 25.6. The molecule has 0 aliphatic carbocycles. The van der Waals surface area contributed by atoms with Crippen LogP contribution in [-0.2, 0) is 11.3 Å². The van der Waals surface area contributed by atoms with Gasteiger partial charge in [0, 0.05) is 44.7 Å². The van der Waals surface area contributed by atoms with Crippen LogP contribution in [0.1, 0.15) is 44.6 Å². The van der Waals surface area contributed by atoms with E-state index in [4.69, 9.17) is 0 Å². The Morgan fingerprint density at radius 2 is 1.66 bits per heavy atom. The van der Waals surface area contributed by atoms with Gasteiger partial charge < -0.3 is 4.90 Å². The summed E-state index contributed by atoms with van der Waals surface area (Å²) in [6.45, 7) is 8.27. The van der Waals surface area contributed by atoms with Crippen LogP contribution in [0.4, 0.5) is 8.78 Å². The van der Waals surface area contributed by atoms with Gasteiger partial charge in [0.2, 0.25) is 5.91 Å². The van der Waals surface area contributed by atoms with E-state index >= 15 is 0 Å². The molecule has 3 heterocycles. The zero-order chi connectivity index (χ0) is 20.4. The van der Waals surface area contributed by atoms with Gasteiger partial charge in [-0.3, -0.25) is 14.6 Å². The average molecular weight is 406 g/mol. The molecule has 1 atom stereocenters. The molecule has 1 amide bonds. The molecule has 3 aliphatic rings. The van der Waals surface area contributed by atoms with Crippen molar-refractivity contribution in [1.82, 2.24) is 14.7 Å². The van der Waals surface area contributed by atoms with Crippen LogP contribution in [0.2, 0.25) is 0 Å². The van der Waals surface area contributed by atoms with Gasteiger partial charge in [0.25, 0.3) is 0 Å². The maximum absolute atomic E-state index is 13.9. The monoisotopic (exact) mass is 405 g/mol. The molecule has 0 spiro atoms. The summed E-state index contributed by atoms with van der Waals surface area (Å²) in [5.74, 6) is 0.252. The third kappa shape index (κ3) is 4.80. The lowest BCUT2D eigenvalue weighted by molar-refractivity contribution is -0.130. The van der Waals surface area contributed by atoms with Gasteiger partial charge in [0.1, 0.15) is 0 Å². The van der Waals surface area contributed by atoms with Gasteiger partial charge in [0.15, 0.2) is 11.6 Å². The number of piperidine rings is 2. The van der Waals surface area contributed by atoms with Crippen LogP contribution in [0.3, 0.4) is 0 Å². The first-order valence-electron chi connectivity index (χ1n) is 11.2. The summed E-state index contributed by atoms with van der Waals surface area (Å²) in [5.41, 5.74) is 0.465. The number of halogens is 2. The number of amides is 1. The second kappa shape index (κ2) is 9.09. The van der Waals surface area contributed by atoms with Crippen LogP contribution in [0.5, 0.6) is 0 Å². The molecule has 0 saturated carbocycles. The molecule has 3 saturated heterocycles. The van der Waals surface area contributed by atoms with Crippen molar-refractivity contribution in [2.45, 2.75) is 51.6 Å². The Bertz CT molecular complexity index is 712. The van der Waals surface area contributed by atoms with E-state index in [-0.39, 0.29) is 5.91 Å². The summed E-state index contributed by atoms with van der Waals surface area (Å²) >= 11 is 0. The first-order valence-corrected chi connectivity index (χ1v) is 11.2. The van der Waals surface area contributed by atoms with Crippen molar-refractivity contribution in [2.24, 2.45) is 11.8 Å². The molecule has 4 rings (SSSR count). The molecule has 29 heavy (non-hydrogen) atoms. The summed E-state index contributed by atoms with van der Waals surface area (Å²) in [4.78, 5) is 18.4. The summed E-state index contributed by atoms with van der Waals surface area (Å²) in [6, 6.07) is 5.10. The van der Waals surface area contributed by atoms with Crippen molar-refractivity contribution >= 4 is 5.91 Å². The Morgan fingerprint density at radius 3 is 2.34 bits per heavy atom. The highest BCUT2D eigenvalue weighted by atomic mass is 19.2. The molecule has 4 nitrogen and oxygen atoms in total. The fraction of sp³-hybridized carbons (Fsp3) is 0.696. The van der Waals surface area contributed by atoms with Crippen molar-refractivity contribution in [3.05, 3.63) is 35.4 Å². The van der Waals surface area contributed by atoms with E-state index in [0.29, 0.717) is 18.2 Å². The molecular formula is C23H33F2N3O. The number of likely N-dealkylation sites (tertiary alicyclic amines) is 3. The molecule has 0 N–H and O–H groups in total. The first kappa shape index (κ1) is 20.7. The van der Waals surface area contributed by atoms with E-state index in [1.165, 1.54) is 25.6 Å². The first-order chi connectivity index (χ1) is 14.0. The molecule has 0 aromatic heterocycles. The Kier molecular flexibility index (Phi) is 6.50. The largest absolute Gasteiger partial charge is 0.343 e. The Morgan fingerprint density at radius 1 is 0.966 bits per heavy atom. The molecule has 3 aliphatic heterocycles. The van der Waals surface area contributed by atoms with Gasteiger partial charge in [-0.1, -0.05) is 12.1 Å². The average Bonchev–Trinajstić information content (AvgIpc) is 3.22. The van der Waals surface area contributed by atoms with Gasteiger partial charge in [-0.05, 0) is 69.6 Å². The minimum atomic E-state index is -0.752. The second-order valence-corrected chi connectivity index (χ2v) is 9.11. The number of benzene rings is 1. The van der Waals surface area contributed by atoms with Crippen LogP contribution in [0.15, 0.2) is 18.2 Å². The number of nitrogens with zero attached hydrogens (tertiary/aromatic N) is 3. The van der Waals surface area contributed by atoms with Crippen LogP contribution in [0, 0.1) is 23.5 Å². The highest BCUT2D eigenvalue weighted by Gasteiger charge is 2.35. The summed E-state index contributed by atoms with van der Waals surface area (Å²) in [7, 11) is 0. The molecule has 1 unspecified atom stereocenters. The van der Waals surface area contributed by atoms with E-state index in [1.54, 1.807) is 19.1 Å². The topological polar surface area (TPSA) is 26.8 Å². The van der Waals surface area contributed by atoms with Gasteiger partial charge >= 0.3 is 0 Å². The standard InChI is InChI=1S/C23H33F2N3O/c1-17(29)27-13-8-21(9-14-27)28-12-7-19(16-28)18-5-10-26(11-6-18)15-20-3-2-4-22(24)23(20)25/h2-4,18-19,21H,5-16H2,1H3. The minimum Gasteiger partial charge on any atom is -0.343 e. The lowest BCUT2D eigenvalue weighted by Gasteiger charge is -2.37. The summed E-state index contributed by atoms with van der Waals surface area (Å²) in [5, 5.41) is 0. The Hall–Kier alpha value is -1.53. The lowest BCUT2D eigenvalue weighted by Crippen LogP contribution is -2.45. The van der Waals surface area contributed by atoms with E-state index < -0.39 is 11.6 Å². The van der Waals surface area contributed by atoms with E-state index in [9.17, 15) is 13.6 Å².